The van der Waals surface area contributed by atoms with Gasteiger partial charge >= 0.3 is 0 Å². The van der Waals surface area contributed by atoms with E-state index in [2.05, 4.69) is 6.92 Å². The van der Waals surface area contributed by atoms with Gasteiger partial charge in [-0.3, -0.25) is 0 Å². The number of benzene rings is 2. The van der Waals surface area contributed by atoms with Crippen LogP contribution in [0.25, 0.3) is 0 Å². The SMILES string of the molecule is CCCOc1ccccc1C(C)(N)c1ccc(OC)cc1. The maximum absolute atomic E-state index is 6.60. The zero-order chi connectivity index (χ0) is 15.3. The van der Waals surface area contributed by atoms with E-state index in [0.717, 1.165) is 29.0 Å². The third kappa shape index (κ3) is 3.37. The summed E-state index contributed by atoms with van der Waals surface area (Å²) in [7, 11) is 1.66. The second-order valence-corrected chi connectivity index (χ2v) is 5.28. The molecule has 1 unspecified atom stereocenters. The van der Waals surface area contributed by atoms with Crippen LogP contribution >= 0.6 is 0 Å². The molecule has 0 amide bonds. The van der Waals surface area contributed by atoms with Gasteiger partial charge in [0.05, 0.1) is 19.3 Å². The number of hydrogen-bond donors (Lipinski definition) is 1. The van der Waals surface area contributed by atoms with E-state index in [1.54, 1.807) is 7.11 Å². The zero-order valence-electron chi connectivity index (χ0n) is 12.9. The first kappa shape index (κ1) is 15.4. The lowest BCUT2D eigenvalue weighted by Crippen LogP contribution is -2.34. The molecule has 21 heavy (non-hydrogen) atoms. The molecule has 2 N–H and O–H groups in total. The summed E-state index contributed by atoms with van der Waals surface area (Å²) in [6.07, 6.45) is 0.970. The van der Waals surface area contributed by atoms with Gasteiger partial charge in [-0.15, -0.1) is 0 Å². The topological polar surface area (TPSA) is 44.5 Å². The summed E-state index contributed by atoms with van der Waals surface area (Å²) in [5, 5.41) is 0. The quantitative estimate of drug-likeness (QED) is 0.880. The minimum Gasteiger partial charge on any atom is -0.497 e. The minimum atomic E-state index is -0.614. The molecule has 0 aliphatic rings. The van der Waals surface area contributed by atoms with E-state index in [4.69, 9.17) is 15.2 Å². The van der Waals surface area contributed by atoms with E-state index in [1.807, 2.05) is 55.5 Å². The summed E-state index contributed by atoms with van der Waals surface area (Å²) in [5.74, 6) is 1.67. The summed E-state index contributed by atoms with van der Waals surface area (Å²) in [4.78, 5) is 0. The van der Waals surface area contributed by atoms with Crippen LogP contribution in [0.15, 0.2) is 48.5 Å². The fourth-order valence-electron chi connectivity index (χ4n) is 2.33. The number of methoxy groups -OCH3 is 1. The first-order valence-corrected chi connectivity index (χ1v) is 7.25. The molecule has 0 fully saturated rings. The number of ether oxygens (including phenoxy) is 2. The average Bonchev–Trinajstić information content (AvgIpc) is 2.53. The van der Waals surface area contributed by atoms with Crippen LogP contribution in [0.5, 0.6) is 11.5 Å². The van der Waals surface area contributed by atoms with Gasteiger partial charge in [0.25, 0.3) is 0 Å². The fourth-order valence-corrected chi connectivity index (χ4v) is 2.33. The van der Waals surface area contributed by atoms with E-state index < -0.39 is 5.54 Å². The first-order valence-electron chi connectivity index (χ1n) is 7.25. The molecule has 112 valence electrons. The number of nitrogens with two attached hydrogens (primary N) is 1. The van der Waals surface area contributed by atoms with E-state index in [1.165, 1.54) is 0 Å². The molecule has 0 aliphatic carbocycles. The number of para-hydroxylation sites is 1. The highest BCUT2D eigenvalue weighted by Crippen LogP contribution is 2.34. The molecule has 0 saturated carbocycles. The van der Waals surface area contributed by atoms with Crippen LogP contribution in [-0.2, 0) is 5.54 Å². The first-order chi connectivity index (χ1) is 10.1. The molecule has 0 bridgehead atoms. The standard InChI is InChI=1S/C18H23NO2/c1-4-13-21-17-8-6-5-7-16(17)18(2,19)14-9-11-15(20-3)12-10-14/h5-12H,4,13,19H2,1-3H3. The van der Waals surface area contributed by atoms with Crippen LogP contribution in [0.2, 0.25) is 0 Å². The van der Waals surface area contributed by atoms with Crippen molar-refractivity contribution in [2.45, 2.75) is 25.8 Å². The maximum Gasteiger partial charge on any atom is 0.124 e. The third-order valence-corrected chi connectivity index (χ3v) is 3.60. The van der Waals surface area contributed by atoms with Crippen LogP contribution in [0.4, 0.5) is 0 Å². The normalized spacial score (nSPS) is 13.5. The van der Waals surface area contributed by atoms with Crippen molar-refractivity contribution in [1.82, 2.24) is 0 Å². The number of hydrogen-bond acceptors (Lipinski definition) is 3. The summed E-state index contributed by atoms with van der Waals surface area (Å²) < 4.78 is 11.0. The molecular formula is C18H23NO2. The molecule has 2 rings (SSSR count). The Labute approximate surface area is 126 Å². The summed E-state index contributed by atoms with van der Waals surface area (Å²) in [6, 6.07) is 15.8. The lowest BCUT2D eigenvalue weighted by Gasteiger charge is -2.28. The molecule has 3 nitrogen and oxygen atoms in total. The van der Waals surface area contributed by atoms with Crippen molar-refractivity contribution in [3.8, 4) is 11.5 Å². The molecule has 1 atom stereocenters. The van der Waals surface area contributed by atoms with Gasteiger partial charge in [-0.05, 0) is 37.1 Å². The molecule has 0 radical (unpaired) electrons. The lowest BCUT2D eigenvalue weighted by atomic mass is 9.85. The van der Waals surface area contributed by atoms with Gasteiger partial charge in [-0.1, -0.05) is 37.3 Å². The Hall–Kier alpha value is -2.00. The highest BCUT2D eigenvalue weighted by atomic mass is 16.5. The summed E-state index contributed by atoms with van der Waals surface area (Å²) in [5.41, 5.74) is 8.00. The van der Waals surface area contributed by atoms with E-state index >= 15 is 0 Å². The van der Waals surface area contributed by atoms with Crippen molar-refractivity contribution in [1.29, 1.82) is 0 Å². The van der Waals surface area contributed by atoms with Crippen LogP contribution < -0.4 is 15.2 Å². The van der Waals surface area contributed by atoms with Crippen molar-refractivity contribution in [3.05, 3.63) is 59.7 Å². The maximum atomic E-state index is 6.60. The molecule has 0 aliphatic heterocycles. The van der Waals surface area contributed by atoms with Crippen LogP contribution in [0, 0.1) is 0 Å². The molecule has 0 heterocycles. The van der Waals surface area contributed by atoms with Crippen molar-refractivity contribution in [2.75, 3.05) is 13.7 Å². The highest BCUT2D eigenvalue weighted by molar-refractivity contribution is 5.46. The Morgan fingerprint density at radius 3 is 2.33 bits per heavy atom. The van der Waals surface area contributed by atoms with Crippen molar-refractivity contribution in [3.63, 3.8) is 0 Å². The Morgan fingerprint density at radius 2 is 1.71 bits per heavy atom. The molecular weight excluding hydrogens is 262 g/mol. The van der Waals surface area contributed by atoms with Crippen LogP contribution in [0.3, 0.4) is 0 Å². The minimum absolute atomic E-state index is 0.614. The monoisotopic (exact) mass is 285 g/mol. The van der Waals surface area contributed by atoms with Gasteiger partial charge in [0.15, 0.2) is 0 Å². The molecule has 2 aromatic carbocycles. The summed E-state index contributed by atoms with van der Waals surface area (Å²) >= 11 is 0. The summed E-state index contributed by atoms with van der Waals surface area (Å²) in [6.45, 7) is 4.78. The molecule has 0 saturated heterocycles. The average molecular weight is 285 g/mol. The second kappa shape index (κ2) is 6.64. The molecule has 0 spiro atoms. The van der Waals surface area contributed by atoms with Gasteiger partial charge in [0.2, 0.25) is 0 Å². The Bertz CT molecular complexity index is 576. The lowest BCUT2D eigenvalue weighted by molar-refractivity contribution is 0.309. The van der Waals surface area contributed by atoms with Gasteiger partial charge in [-0.2, -0.15) is 0 Å². The second-order valence-electron chi connectivity index (χ2n) is 5.28. The van der Waals surface area contributed by atoms with Crippen molar-refractivity contribution >= 4 is 0 Å². The molecule has 3 heteroatoms. The largest absolute Gasteiger partial charge is 0.497 e. The Kier molecular flexibility index (Phi) is 4.86. The highest BCUT2D eigenvalue weighted by Gasteiger charge is 2.27. The zero-order valence-corrected chi connectivity index (χ0v) is 12.9. The number of rotatable bonds is 6. The van der Waals surface area contributed by atoms with Gasteiger partial charge in [0.1, 0.15) is 11.5 Å². The van der Waals surface area contributed by atoms with Crippen LogP contribution in [0.1, 0.15) is 31.4 Å². The van der Waals surface area contributed by atoms with E-state index in [9.17, 15) is 0 Å². The predicted molar refractivity (Wildman–Crippen MR) is 85.9 cm³/mol. The predicted octanol–water partition coefficient (Wildman–Crippen LogP) is 3.71. The van der Waals surface area contributed by atoms with E-state index in [0.29, 0.717) is 6.61 Å². The molecule has 0 aromatic heterocycles. The van der Waals surface area contributed by atoms with Crippen LogP contribution in [-0.4, -0.2) is 13.7 Å². The smallest absolute Gasteiger partial charge is 0.124 e. The van der Waals surface area contributed by atoms with Crippen molar-refractivity contribution < 1.29 is 9.47 Å². The Morgan fingerprint density at radius 1 is 1.05 bits per heavy atom. The third-order valence-electron chi connectivity index (χ3n) is 3.60. The van der Waals surface area contributed by atoms with Crippen molar-refractivity contribution in [2.24, 2.45) is 5.73 Å². The Balaban J connectivity index is 2.37. The van der Waals surface area contributed by atoms with Gasteiger partial charge < -0.3 is 15.2 Å². The van der Waals surface area contributed by atoms with E-state index in [-0.39, 0.29) is 0 Å². The fraction of sp³-hybridized carbons (Fsp3) is 0.333. The van der Waals surface area contributed by atoms with Gasteiger partial charge in [0, 0.05) is 5.56 Å². The van der Waals surface area contributed by atoms with Gasteiger partial charge in [-0.25, -0.2) is 0 Å². The molecule has 2 aromatic rings.